The van der Waals surface area contributed by atoms with Gasteiger partial charge in [-0.2, -0.15) is 0 Å². The van der Waals surface area contributed by atoms with Gasteiger partial charge in [0.25, 0.3) is 5.69 Å². The number of rotatable bonds is 4. The number of aliphatic carboxylic acids is 2. The van der Waals surface area contributed by atoms with Crippen LogP contribution in [0, 0.1) is 21.7 Å². The van der Waals surface area contributed by atoms with Gasteiger partial charge in [0.15, 0.2) is 5.92 Å². The van der Waals surface area contributed by atoms with Gasteiger partial charge in [-0.05, 0) is 0 Å². The summed E-state index contributed by atoms with van der Waals surface area (Å²) >= 11 is 0. The van der Waals surface area contributed by atoms with Crippen molar-refractivity contribution in [1.29, 1.82) is 0 Å². The normalized spacial score (nSPS) is 10.4. The zero-order valence-electron chi connectivity index (χ0n) is 8.46. The maximum absolute atomic E-state index is 13.4. The second-order valence-electron chi connectivity index (χ2n) is 3.19. The third-order valence-electron chi connectivity index (χ3n) is 2.06. The van der Waals surface area contributed by atoms with E-state index in [1.807, 2.05) is 0 Å². The SMILES string of the molecule is O=C(O)C(C(=O)O)c1c(F)cc([N+](=O)[O-])cc1F. The number of hydrogen-bond acceptors (Lipinski definition) is 4. The molecule has 0 atom stereocenters. The first-order valence-electron chi connectivity index (χ1n) is 4.34. The highest BCUT2D eigenvalue weighted by atomic mass is 19.1. The summed E-state index contributed by atoms with van der Waals surface area (Å²) in [5.74, 6) is -9.62. The van der Waals surface area contributed by atoms with Gasteiger partial charge >= 0.3 is 11.9 Å². The van der Waals surface area contributed by atoms with Crippen molar-refractivity contribution >= 4 is 17.6 Å². The highest BCUT2D eigenvalue weighted by Gasteiger charge is 2.34. The molecule has 9 heteroatoms. The second kappa shape index (κ2) is 4.73. The molecule has 1 aromatic rings. The third kappa shape index (κ3) is 2.39. The van der Waals surface area contributed by atoms with Crippen LogP contribution in [0.5, 0.6) is 0 Å². The molecule has 0 spiro atoms. The van der Waals surface area contributed by atoms with E-state index in [0.29, 0.717) is 0 Å². The van der Waals surface area contributed by atoms with E-state index in [9.17, 15) is 28.5 Å². The minimum Gasteiger partial charge on any atom is -0.480 e. The zero-order valence-corrected chi connectivity index (χ0v) is 8.46. The quantitative estimate of drug-likeness (QED) is 0.476. The molecule has 0 radical (unpaired) electrons. The largest absolute Gasteiger partial charge is 0.480 e. The van der Waals surface area contributed by atoms with Crippen LogP contribution >= 0.6 is 0 Å². The van der Waals surface area contributed by atoms with E-state index in [4.69, 9.17) is 10.2 Å². The van der Waals surface area contributed by atoms with Gasteiger partial charge in [0.2, 0.25) is 0 Å². The Labute approximate surface area is 97.4 Å². The van der Waals surface area contributed by atoms with Crippen LogP contribution in [0.2, 0.25) is 0 Å². The topological polar surface area (TPSA) is 118 Å². The Hall–Kier alpha value is -2.58. The molecule has 2 N–H and O–H groups in total. The maximum atomic E-state index is 13.4. The first kappa shape index (κ1) is 13.5. The molecule has 0 aliphatic carbocycles. The zero-order chi connectivity index (χ0) is 14.0. The molecule has 0 aromatic heterocycles. The molecule has 1 aromatic carbocycles. The number of carbonyl (C=O) groups is 2. The fourth-order valence-corrected chi connectivity index (χ4v) is 1.30. The number of nitrogens with zero attached hydrogens (tertiary/aromatic N) is 1. The van der Waals surface area contributed by atoms with E-state index in [0.717, 1.165) is 0 Å². The number of carboxylic acids is 2. The summed E-state index contributed by atoms with van der Waals surface area (Å²) in [7, 11) is 0. The van der Waals surface area contributed by atoms with Crippen molar-refractivity contribution in [2.45, 2.75) is 5.92 Å². The summed E-state index contributed by atoms with van der Waals surface area (Å²) in [4.78, 5) is 30.4. The van der Waals surface area contributed by atoms with E-state index in [1.54, 1.807) is 0 Å². The van der Waals surface area contributed by atoms with Gasteiger partial charge in [0.1, 0.15) is 11.6 Å². The lowest BCUT2D eigenvalue weighted by Gasteiger charge is -2.09. The number of benzene rings is 1. The van der Waals surface area contributed by atoms with Crippen LogP contribution in [0.15, 0.2) is 12.1 Å². The highest BCUT2D eigenvalue weighted by molar-refractivity contribution is 5.99. The van der Waals surface area contributed by atoms with Crippen LogP contribution in [0.1, 0.15) is 11.5 Å². The lowest BCUT2D eigenvalue weighted by molar-refractivity contribution is -0.385. The Morgan fingerprint density at radius 3 is 1.83 bits per heavy atom. The van der Waals surface area contributed by atoms with Crippen molar-refractivity contribution in [3.05, 3.63) is 39.4 Å². The van der Waals surface area contributed by atoms with Gasteiger partial charge < -0.3 is 10.2 Å². The van der Waals surface area contributed by atoms with E-state index < -0.39 is 45.7 Å². The van der Waals surface area contributed by atoms with E-state index in [1.165, 1.54) is 0 Å². The van der Waals surface area contributed by atoms with Crippen molar-refractivity contribution in [3.8, 4) is 0 Å². The summed E-state index contributed by atoms with van der Waals surface area (Å²) in [6.07, 6.45) is 0. The number of nitro groups is 1. The van der Waals surface area contributed by atoms with Crippen LogP contribution in [0.3, 0.4) is 0 Å². The molecule has 0 fully saturated rings. The Morgan fingerprint density at radius 2 is 1.56 bits per heavy atom. The van der Waals surface area contributed by atoms with E-state index in [-0.39, 0.29) is 12.1 Å². The first-order chi connectivity index (χ1) is 8.25. The van der Waals surface area contributed by atoms with E-state index >= 15 is 0 Å². The lowest BCUT2D eigenvalue weighted by atomic mass is 9.98. The predicted octanol–water partition coefficient (Wildman–Crippen LogP) is 1.13. The molecule has 0 amide bonds. The Morgan fingerprint density at radius 1 is 1.17 bits per heavy atom. The minimum absolute atomic E-state index is 0.261. The maximum Gasteiger partial charge on any atom is 0.322 e. The molecule has 0 heterocycles. The Bertz CT molecular complexity index is 507. The van der Waals surface area contributed by atoms with Crippen LogP contribution in [0.4, 0.5) is 14.5 Å². The lowest BCUT2D eigenvalue weighted by Crippen LogP contribution is -2.23. The summed E-state index contributed by atoms with van der Waals surface area (Å²) in [6, 6.07) is 0.522. The number of non-ortho nitro benzene ring substituents is 1. The van der Waals surface area contributed by atoms with Crippen molar-refractivity contribution in [2.24, 2.45) is 0 Å². The average molecular weight is 261 g/mol. The standard InChI is InChI=1S/C9H5F2NO6/c10-4-1-3(12(17)18)2-5(11)6(4)7(8(13)14)9(15)16/h1-2,7H,(H,13,14)(H,15,16). The van der Waals surface area contributed by atoms with Crippen molar-refractivity contribution in [1.82, 2.24) is 0 Å². The Balaban J connectivity index is 3.46. The molecule has 0 aliphatic heterocycles. The predicted molar refractivity (Wildman–Crippen MR) is 51.0 cm³/mol. The van der Waals surface area contributed by atoms with Crippen molar-refractivity contribution in [2.75, 3.05) is 0 Å². The number of hydrogen-bond donors (Lipinski definition) is 2. The van der Waals surface area contributed by atoms with Crippen LogP contribution in [0.25, 0.3) is 0 Å². The van der Waals surface area contributed by atoms with Gasteiger partial charge in [-0.15, -0.1) is 0 Å². The highest BCUT2D eigenvalue weighted by Crippen LogP contribution is 2.27. The second-order valence-corrected chi connectivity index (χ2v) is 3.19. The summed E-state index contributed by atoms with van der Waals surface area (Å²) < 4.78 is 26.7. The molecular formula is C9H5F2NO6. The molecule has 0 unspecified atom stereocenters. The molecule has 18 heavy (non-hydrogen) atoms. The van der Waals surface area contributed by atoms with Gasteiger partial charge in [0.05, 0.1) is 17.1 Å². The molecular weight excluding hydrogens is 256 g/mol. The smallest absolute Gasteiger partial charge is 0.322 e. The van der Waals surface area contributed by atoms with Crippen LogP contribution in [-0.4, -0.2) is 27.1 Å². The van der Waals surface area contributed by atoms with Gasteiger partial charge in [0, 0.05) is 5.56 Å². The molecule has 7 nitrogen and oxygen atoms in total. The molecule has 0 bridgehead atoms. The fraction of sp³-hybridized carbons (Fsp3) is 0.111. The van der Waals surface area contributed by atoms with Crippen LogP contribution < -0.4 is 0 Å². The number of halogens is 2. The van der Waals surface area contributed by atoms with Crippen molar-refractivity contribution in [3.63, 3.8) is 0 Å². The first-order valence-corrected chi connectivity index (χ1v) is 4.34. The molecule has 0 aliphatic rings. The third-order valence-corrected chi connectivity index (χ3v) is 2.06. The van der Waals surface area contributed by atoms with Gasteiger partial charge in [-0.3, -0.25) is 19.7 Å². The molecule has 0 saturated heterocycles. The van der Waals surface area contributed by atoms with Crippen LogP contribution in [-0.2, 0) is 9.59 Å². The molecule has 0 saturated carbocycles. The summed E-state index contributed by atoms with van der Waals surface area (Å²) in [5.41, 5.74) is -2.19. The summed E-state index contributed by atoms with van der Waals surface area (Å²) in [6.45, 7) is 0. The average Bonchev–Trinajstić information content (AvgIpc) is 2.21. The summed E-state index contributed by atoms with van der Waals surface area (Å²) in [5, 5.41) is 27.4. The van der Waals surface area contributed by atoms with Gasteiger partial charge in [-0.1, -0.05) is 0 Å². The monoisotopic (exact) mass is 261 g/mol. The fourth-order valence-electron chi connectivity index (χ4n) is 1.30. The molecule has 96 valence electrons. The van der Waals surface area contributed by atoms with Crippen molar-refractivity contribution < 1.29 is 33.5 Å². The Kier molecular flexibility index (Phi) is 3.55. The number of carboxylic acid groups (broad SMARTS) is 2. The number of nitro benzene ring substituents is 1. The molecule has 1 rings (SSSR count). The minimum atomic E-state index is -2.47. The van der Waals surface area contributed by atoms with E-state index in [2.05, 4.69) is 0 Å². The van der Waals surface area contributed by atoms with Gasteiger partial charge in [-0.25, -0.2) is 8.78 Å².